The number of hydrogen-bond donors (Lipinski definition) is 1. The zero-order valence-corrected chi connectivity index (χ0v) is 12.6. The van der Waals surface area contributed by atoms with Crippen LogP contribution in [0.5, 0.6) is 0 Å². The van der Waals surface area contributed by atoms with Gasteiger partial charge in [-0.2, -0.15) is 0 Å². The van der Waals surface area contributed by atoms with Crippen LogP contribution in [0.2, 0.25) is 0 Å². The molecule has 6 heteroatoms. The van der Waals surface area contributed by atoms with Gasteiger partial charge in [-0.05, 0) is 37.1 Å². The van der Waals surface area contributed by atoms with Gasteiger partial charge in [-0.3, -0.25) is 4.21 Å². The number of nitrogens with one attached hydrogen (secondary N) is 1. The molecule has 0 bridgehead atoms. The fourth-order valence-corrected chi connectivity index (χ4v) is 4.28. The van der Waals surface area contributed by atoms with Crippen molar-refractivity contribution < 1.29 is 12.6 Å². The van der Waals surface area contributed by atoms with Gasteiger partial charge < -0.3 is 5.32 Å². The zero-order valence-electron chi connectivity index (χ0n) is 11.0. The molecule has 19 heavy (non-hydrogen) atoms. The Morgan fingerprint density at radius 1 is 1.21 bits per heavy atom. The summed E-state index contributed by atoms with van der Waals surface area (Å²) in [6.07, 6.45) is 1.81. The summed E-state index contributed by atoms with van der Waals surface area (Å²) in [4.78, 5) is 0.366. The van der Waals surface area contributed by atoms with E-state index in [0.29, 0.717) is 10.9 Å². The molecule has 4 nitrogen and oxygen atoms in total. The highest BCUT2D eigenvalue weighted by molar-refractivity contribution is 7.91. The van der Waals surface area contributed by atoms with Crippen molar-refractivity contribution in [2.45, 2.75) is 30.7 Å². The third-order valence-electron chi connectivity index (χ3n) is 3.35. The van der Waals surface area contributed by atoms with Crippen LogP contribution in [0.25, 0.3) is 0 Å². The highest BCUT2D eigenvalue weighted by atomic mass is 32.2. The minimum absolute atomic E-state index is 0.119. The molecule has 0 radical (unpaired) electrons. The maximum atomic E-state index is 11.7. The second-order valence-corrected chi connectivity index (χ2v) is 8.67. The summed E-state index contributed by atoms with van der Waals surface area (Å²) in [5.41, 5.74) is 0.924. The number of anilines is 1. The summed E-state index contributed by atoms with van der Waals surface area (Å²) >= 11 is 0. The summed E-state index contributed by atoms with van der Waals surface area (Å²) < 4.78 is 34.6. The Morgan fingerprint density at radius 2 is 1.79 bits per heavy atom. The van der Waals surface area contributed by atoms with Gasteiger partial charge in [-0.15, -0.1) is 0 Å². The minimum Gasteiger partial charge on any atom is -0.382 e. The normalized spacial score (nSPS) is 24.1. The lowest BCUT2D eigenvalue weighted by atomic mass is 10.1. The quantitative estimate of drug-likeness (QED) is 0.921. The third kappa shape index (κ3) is 3.79. The Labute approximate surface area is 117 Å². The van der Waals surface area contributed by atoms with Gasteiger partial charge in [-0.1, -0.05) is 6.92 Å². The Kier molecular flexibility index (Phi) is 4.62. The van der Waals surface area contributed by atoms with Crippen molar-refractivity contribution in [3.8, 4) is 0 Å². The zero-order chi connectivity index (χ0) is 13.9. The molecule has 1 fully saturated rings. The molecular formula is C13H19NO3S2. The van der Waals surface area contributed by atoms with Crippen LogP contribution < -0.4 is 5.32 Å². The molecule has 0 atom stereocenters. The summed E-state index contributed by atoms with van der Waals surface area (Å²) in [6, 6.07) is 7.22. The van der Waals surface area contributed by atoms with Crippen molar-refractivity contribution in [1.82, 2.24) is 0 Å². The first-order valence-electron chi connectivity index (χ1n) is 6.45. The van der Waals surface area contributed by atoms with E-state index < -0.39 is 20.6 Å². The molecule has 1 aromatic carbocycles. The summed E-state index contributed by atoms with van der Waals surface area (Å²) in [6.45, 7) is 1.64. The van der Waals surface area contributed by atoms with E-state index in [2.05, 4.69) is 5.32 Å². The van der Waals surface area contributed by atoms with Crippen molar-refractivity contribution in [3.63, 3.8) is 0 Å². The maximum absolute atomic E-state index is 11.7. The maximum Gasteiger partial charge on any atom is 0.178 e. The van der Waals surface area contributed by atoms with Crippen molar-refractivity contribution in [2.24, 2.45) is 0 Å². The minimum atomic E-state index is -3.12. The van der Waals surface area contributed by atoms with Crippen molar-refractivity contribution in [1.29, 1.82) is 0 Å². The fourth-order valence-electron chi connectivity index (χ4n) is 2.10. The average molecular weight is 301 g/mol. The molecule has 0 amide bonds. The Bertz CT molecular complexity index is 542. The molecule has 1 aliphatic rings. The molecule has 0 aromatic heterocycles. The van der Waals surface area contributed by atoms with Crippen LogP contribution in [0.1, 0.15) is 19.8 Å². The smallest absolute Gasteiger partial charge is 0.178 e. The van der Waals surface area contributed by atoms with Gasteiger partial charge in [0.1, 0.15) is 0 Å². The third-order valence-corrected chi connectivity index (χ3v) is 6.48. The van der Waals surface area contributed by atoms with Crippen LogP contribution in [0.4, 0.5) is 5.69 Å². The molecule has 0 saturated carbocycles. The van der Waals surface area contributed by atoms with Crippen molar-refractivity contribution in [3.05, 3.63) is 24.3 Å². The summed E-state index contributed by atoms with van der Waals surface area (Å²) in [5.74, 6) is 1.62. The van der Waals surface area contributed by atoms with Gasteiger partial charge in [0, 0.05) is 34.0 Å². The predicted molar refractivity (Wildman–Crippen MR) is 78.7 cm³/mol. The van der Waals surface area contributed by atoms with E-state index in [0.717, 1.165) is 30.0 Å². The van der Waals surface area contributed by atoms with Crippen LogP contribution in [-0.2, 0) is 20.6 Å². The fraction of sp³-hybridized carbons (Fsp3) is 0.538. The van der Waals surface area contributed by atoms with E-state index in [-0.39, 0.29) is 5.75 Å². The topological polar surface area (TPSA) is 63.2 Å². The molecule has 1 N–H and O–H groups in total. The van der Waals surface area contributed by atoms with Gasteiger partial charge in [-0.25, -0.2) is 8.42 Å². The molecule has 0 spiro atoms. The van der Waals surface area contributed by atoms with E-state index in [4.69, 9.17) is 0 Å². The second kappa shape index (κ2) is 6.05. The molecule has 106 valence electrons. The summed E-state index contributed by atoms with van der Waals surface area (Å²) in [7, 11) is -3.78. The first-order chi connectivity index (χ1) is 9.01. The predicted octanol–water partition coefficient (Wildman–Crippen LogP) is 1.80. The van der Waals surface area contributed by atoms with E-state index in [9.17, 15) is 12.6 Å². The standard InChI is InChI=1S/C13H19NO3S2/c1-2-19(16,17)13-5-3-11(4-6-13)14-12-7-9-18(15)10-8-12/h3-6,12,14H,2,7-10H2,1H3. The second-order valence-electron chi connectivity index (χ2n) is 4.69. The molecular weight excluding hydrogens is 282 g/mol. The molecule has 2 rings (SSSR count). The molecule has 0 unspecified atom stereocenters. The molecule has 1 aromatic rings. The van der Waals surface area contributed by atoms with Crippen molar-refractivity contribution in [2.75, 3.05) is 22.6 Å². The largest absolute Gasteiger partial charge is 0.382 e. The number of sulfone groups is 1. The average Bonchev–Trinajstić information content (AvgIpc) is 2.42. The first-order valence-corrected chi connectivity index (χ1v) is 9.59. The number of rotatable bonds is 4. The van der Waals surface area contributed by atoms with Gasteiger partial charge in [0.15, 0.2) is 9.84 Å². The van der Waals surface area contributed by atoms with Crippen LogP contribution in [-0.4, -0.2) is 35.9 Å². The highest BCUT2D eigenvalue weighted by Crippen LogP contribution is 2.19. The monoisotopic (exact) mass is 301 g/mol. The lowest BCUT2D eigenvalue weighted by molar-refractivity contribution is 0.597. The van der Waals surface area contributed by atoms with Gasteiger partial charge in [0.25, 0.3) is 0 Å². The lowest BCUT2D eigenvalue weighted by Crippen LogP contribution is -2.29. The molecule has 0 aliphatic carbocycles. The SMILES string of the molecule is CCS(=O)(=O)c1ccc(NC2CCS(=O)CC2)cc1. The Morgan fingerprint density at radius 3 is 2.32 bits per heavy atom. The number of benzene rings is 1. The lowest BCUT2D eigenvalue weighted by Gasteiger charge is -2.23. The van der Waals surface area contributed by atoms with Gasteiger partial charge in [0.05, 0.1) is 10.6 Å². The van der Waals surface area contributed by atoms with E-state index in [1.165, 1.54) is 0 Å². The van der Waals surface area contributed by atoms with Crippen LogP contribution in [0, 0.1) is 0 Å². The molecule has 1 aliphatic heterocycles. The first kappa shape index (κ1) is 14.5. The van der Waals surface area contributed by atoms with Crippen molar-refractivity contribution >= 4 is 26.3 Å². The highest BCUT2D eigenvalue weighted by Gasteiger charge is 2.17. The number of hydrogen-bond acceptors (Lipinski definition) is 4. The molecule has 1 saturated heterocycles. The van der Waals surface area contributed by atoms with Gasteiger partial charge >= 0.3 is 0 Å². The van der Waals surface area contributed by atoms with Crippen LogP contribution >= 0.6 is 0 Å². The van der Waals surface area contributed by atoms with Gasteiger partial charge in [0.2, 0.25) is 0 Å². The Hall–Kier alpha value is -0.880. The van der Waals surface area contributed by atoms with E-state index in [1.54, 1.807) is 31.2 Å². The van der Waals surface area contributed by atoms with E-state index >= 15 is 0 Å². The molecule has 1 heterocycles. The summed E-state index contributed by atoms with van der Waals surface area (Å²) in [5, 5.41) is 3.37. The van der Waals surface area contributed by atoms with E-state index in [1.807, 2.05) is 0 Å². The Balaban J connectivity index is 2.01. The van der Waals surface area contributed by atoms with Crippen LogP contribution in [0.3, 0.4) is 0 Å². The van der Waals surface area contributed by atoms with Crippen LogP contribution in [0.15, 0.2) is 29.2 Å².